The molecule has 1 fully saturated rings. The van der Waals surface area contributed by atoms with E-state index >= 15 is 0 Å². The molecular formula is C22H25N3O4S2. The third-order valence-electron chi connectivity index (χ3n) is 5.19. The topological polar surface area (TPSA) is 88.6 Å². The van der Waals surface area contributed by atoms with Gasteiger partial charge in [0.05, 0.1) is 27.3 Å². The first kappa shape index (κ1) is 21.9. The number of carbonyl (C=O) groups excluding carboxylic acids is 1. The van der Waals surface area contributed by atoms with Crippen LogP contribution in [0.4, 0.5) is 5.13 Å². The number of anilines is 1. The summed E-state index contributed by atoms with van der Waals surface area (Å²) in [6.45, 7) is 8.36. The number of hydrogen-bond acceptors (Lipinski definition) is 6. The summed E-state index contributed by atoms with van der Waals surface area (Å²) in [5, 5.41) is 3.34. The number of sulfonamides is 1. The Bertz CT molecular complexity index is 1230. The Labute approximate surface area is 186 Å². The van der Waals surface area contributed by atoms with Gasteiger partial charge in [-0.25, -0.2) is 13.4 Å². The molecule has 1 N–H and O–H groups in total. The molecule has 2 atom stereocenters. The zero-order valence-corrected chi connectivity index (χ0v) is 19.5. The van der Waals surface area contributed by atoms with E-state index in [1.54, 1.807) is 0 Å². The fourth-order valence-electron chi connectivity index (χ4n) is 3.85. The van der Waals surface area contributed by atoms with Gasteiger partial charge in [-0.2, -0.15) is 4.31 Å². The minimum atomic E-state index is -3.64. The van der Waals surface area contributed by atoms with Crippen molar-refractivity contribution in [3.63, 3.8) is 0 Å². The first-order chi connectivity index (χ1) is 14.6. The number of aromatic nitrogens is 1. The molecule has 9 heteroatoms. The standard InChI is InChI=1S/C22H25N3O4S2/c1-13-9-14(2)20-19(10-13)30-22(23-20)24-21(26)17-5-7-18(8-6-17)31(27,28)25-11-15(3)29-16(4)12-25/h5-10,15-16H,11-12H2,1-4H3,(H,23,24,26)/t15-,16-/m1/s1. The number of carbonyl (C=O) groups is 1. The van der Waals surface area contributed by atoms with E-state index in [0.29, 0.717) is 23.8 Å². The van der Waals surface area contributed by atoms with E-state index in [0.717, 1.165) is 21.3 Å². The van der Waals surface area contributed by atoms with Crippen molar-refractivity contribution in [2.24, 2.45) is 0 Å². The Morgan fingerprint density at radius 2 is 1.77 bits per heavy atom. The Kier molecular flexibility index (Phi) is 5.87. The predicted octanol–water partition coefficient (Wildman–Crippen LogP) is 3.96. The minimum Gasteiger partial charge on any atom is -0.373 e. The van der Waals surface area contributed by atoms with Gasteiger partial charge in [-0.1, -0.05) is 17.4 Å². The lowest BCUT2D eigenvalue weighted by Gasteiger charge is -2.34. The number of rotatable bonds is 4. The van der Waals surface area contributed by atoms with Crippen molar-refractivity contribution in [1.29, 1.82) is 0 Å². The monoisotopic (exact) mass is 459 g/mol. The number of morpholine rings is 1. The smallest absolute Gasteiger partial charge is 0.257 e. The lowest BCUT2D eigenvalue weighted by molar-refractivity contribution is -0.0440. The van der Waals surface area contributed by atoms with Gasteiger partial charge in [0.1, 0.15) is 0 Å². The first-order valence-electron chi connectivity index (χ1n) is 10.1. The molecule has 0 aliphatic carbocycles. The van der Waals surface area contributed by atoms with Crippen LogP contribution in [0, 0.1) is 13.8 Å². The molecule has 3 aromatic rings. The molecule has 2 aromatic carbocycles. The van der Waals surface area contributed by atoms with Crippen LogP contribution in [0.5, 0.6) is 0 Å². The maximum absolute atomic E-state index is 13.0. The van der Waals surface area contributed by atoms with Crippen LogP contribution in [-0.2, 0) is 14.8 Å². The quantitative estimate of drug-likeness (QED) is 0.638. The van der Waals surface area contributed by atoms with Crippen LogP contribution in [0.2, 0.25) is 0 Å². The molecule has 0 bridgehead atoms. The normalized spacial score (nSPS) is 20.1. The maximum Gasteiger partial charge on any atom is 0.257 e. The van der Waals surface area contributed by atoms with Gasteiger partial charge in [-0.3, -0.25) is 10.1 Å². The number of ether oxygens (including phenoxy) is 1. The van der Waals surface area contributed by atoms with E-state index in [2.05, 4.69) is 16.4 Å². The fraction of sp³-hybridized carbons (Fsp3) is 0.364. The van der Waals surface area contributed by atoms with E-state index in [9.17, 15) is 13.2 Å². The molecule has 7 nitrogen and oxygen atoms in total. The summed E-state index contributed by atoms with van der Waals surface area (Å²) in [6.07, 6.45) is -0.324. The number of aryl methyl sites for hydroxylation is 2. The highest BCUT2D eigenvalue weighted by Gasteiger charge is 2.32. The SMILES string of the molecule is Cc1cc(C)c2nc(NC(=O)c3ccc(S(=O)(=O)N4C[C@@H](C)O[C@H](C)C4)cc3)sc2c1. The molecule has 0 unspecified atom stereocenters. The van der Waals surface area contributed by atoms with E-state index < -0.39 is 10.0 Å². The second-order valence-corrected chi connectivity index (χ2v) is 11.0. The van der Waals surface area contributed by atoms with E-state index in [4.69, 9.17) is 4.74 Å². The second kappa shape index (κ2) is 8.31. The summed E-state index contributed by atoms with van der Waals surface area (Å²) < 4.78 is 34.0. The zero-order chi connectivity index (χ0) is 22.3. The highest BCUT2D eigenvalue weighted by molar-refractivity contribution is 7.89. The summed E-state index contributed by atoms with van der Waals surface area (Å²) in [4.78, 5) is 17.4. The largest absolute Gasteiger partial charge is 0.373 e. The molecule has 2 heterocycles. The van der Waals surface area contributed by atoms with Gasteiger partial charge in [0.15, 0.2) is 5.13 Å². The molecule has 1 aromatic heterocycles. The zero-order valence-electron chi connectivity index (χ0n) is 17.9. The Hall–Kier alpha value is -2.33. The molecule has 0 saturated carbocycles. The molecule has 1 aliphatic rings. The molecule has 0 spiro atoms. The van der Waals surface area contributed by atoms with Gasteiger partial charge in [-0.05, 0) is 69.2 Å². The van der Waals surface area contributed by atoms with Gasteiger partial charge in [0, 0.05) is 18.7 Å². The van der Waals surface area contributed by atoms with Crippen LogP contribution in [0.3, 0.4) is 0 Å². The molecule has 1 aliphatic heterocycles. The molecule has 164 valence electrons. The van der Waals surface area contributed by atoms with Gasteiger partial charge in [-0.15, -0.1) is 0 Å². The van der Waals surface area contributed by atoms with Crippen LogP contribution in [0.25, 0.3) is 10.2 Å². The van der Waals surface area contributed by atoms with E-state index in [1.807, 2.05) is 33.8 Å². The lowest BCUT2D eigenvalue weighted by Crippen LogP contribution is -2.48. The minimum absolute atomic E-state index is 0.162. The van der Waals surface area contributed by atoms with Crippen molar-refractivity contribution in [2.75, 3.05) is 18.4 Å². The van der Waals surface area contributed by atoms with Crippen molar-refractivity contribution in [2.45, 2.75) is 44.8 Å². The third kappa shape index (κ3) is 4.50. The van der Waals surface area contributed by atoms with Crippen LogP contribution in [0.1, 0.15) is 35.3 Å². The Balaban J connectivity index is 1.51. The summed E-state index contributed by atoms with van der Waals surface area (Å²) in [5.74, 6) is -0.328. The third-order valence-corrected chi connectivity index (χ3v) is 7.95. The summed E-state index contributed by atoms with van der Waals surface area (Å²) in [5.41, 5.74) is 3.46. The van der Waals surface area contributed by atoms with Gasteiger partial charge in [0.25, 0.3) is 5.91 Å². The molecular weight excluding hydrogens is 434 g/mol. The molecule has 31 heavy (non-hydrogen) atoms. The summed E-state index contributed by atoms with van der Waals surface area (Å²) >= 11 is 1.42. The number of thiazole rings is 1. The van der Waals surface area contributed by atoms with Crippen LogP contribution in [-0.4, -0.2) is 48.9 Å². The highest BCUT2D eigenvalue weighted by Crippen LogP contribution is 2.29. The van der Waals surface area contributed by atoms with Crippen LogP contribution < -0.4 is 5.32 Å². The Morgan fingerprint density at radius 1 is 1.13 bits per heavy atom. The number of nitrogens with one attached hydrogen (secondary N) is 1. The summed E-state index contributed by atoms with van der Waals surface area (Å²) in [6, 6.07) is 10.1. The van der Waals surface area contributed by atoms with Crippen molar-refractivity contribution >= 4 is 42.6 Å². The first-order valence-corrected chi connectivity index (χ1v) is 12.3. The number of nitrogens with zero attached hydrogens (tertiary/aromatic N) is 2. The van der Waals surface area contributed by atoms with Crippen molar-refractivity contribution in [3.8, 4) is 0 Å². The predicted molar refractivity (Wildman–Crippen MR) is 122 cm³/mol. The molecule has 1 amide bonds. The lowest BCUT2D eigenvalue weighted by atomic mass is 10.1. The van der Waals surface area contributed by atoms with Gasteiger partial charge >= 0.3 is 0 Å². The van der Waals surface area contributed by atoms with Crippen molar-refractivity contribution in [3.05, 3.63) is 53.1 Å². The number of benzene rings is 2. The maximum atomic E-state index is 13.0. The Morgan fingerprint density at radius 3 is 2.42 bits per heavy atom. The molecule has 1 saturated heterocycles. The van der Waals surface area contributed by atoms with E-state index in [-0.39, 0.29) is 23.0 Å². The molecule has 0 radical (unpaired) electrons. The summed E-state index contributed by atoms with van der Waals surface area (Å²) in [7, 11) is -3.64. The number of fused-ring (bicyclic) bond motifs is 1. The number of amides is 1. The highest BCUT2D eigenvalue weighted by atomic mass is 32.2. The fourth-order valence-corrected chi connectivity index (χ4v) is 6.48. The van der Waals surface area contributed by atoms with Crippen LogP contribution in [0.15, 0.2) is 41.3 Å². The second-order valence-electron chi connectivity index (χ2n) is 8.01. The van der Waals surface area contributed by atoms with Crippen molar-refractivity contribution in [1.82, 2.24) is 9.29 Å². The van der Waals surface area contributed by atoms with Gasteiger partial charge in [0.2, 0.25) is 10.0 Å². The average Bonchev–Trinajstić information content (AvgIpc) is 3.10. The van der Waals surface area contributed by atoms with Crippen LogP contribution >= 0.6 is 11.3 Å². The average molecular weight is 460 g/mol. The van der Waals surface area contributed by atoms with Gasteiger partial charge < -0.3 is 4.74 Å². The number of hydrogen-bond donors (Lipinski definition) is 1. The van der Waals surface area contributed by atoms with Crippen molar-refractivity contribution < 1.29 is 17.9 Å². The van der Waals surface area contributed by atoms with E-state index in [1.165, 1.54) is 39.9 Å². The molecule has 4 rings (SSSR count).